The molecule has 0 N–H and O–H groups in total. The molecule has 3 heterocycles. The maximum Gasteiger partial charge on any atom is 0.236 e. The molecule has 0 aliphatic carbocycles. The zero-order valence-corrected chi connectivity index (χ0v) is 20.0. The van der Waals surface area contributed by atoms with Gasteiger partial charge in [-0.15, -0.1) is 0 Å². The molecule has 34 heavy (non-hydrogen) atoms. The summed E-state index contributed by atoms with van der Waals surface area (Å²) in [5.74, 6) is 3.50. The van der Waals surface area contributed by atoms with Crippen LogP contribution in [0, 0.1) is 0 Å². The van der Waals surface area contributed by atoms with Crippen LogP contribution in [0.25, 0.3) is 0 Å². The van der Waals surface area contributed by atoms with Gasteiger partial charge in [-0.25, -0.2) is 0 Å². The largest absolute Gasteiger partial charge is 0.497 e. The van der Waals surface area contributed by atoms with Gasteiger partial charge in [-0.3, -0.25) is 14.6 Å². The number of likely N-dealkylation sites (tertiary alicyclic amines) is 1. The van der Waals surface area contributed by atoms with Crippen LogP contribution in [0.15, 0.2) is 36.4 Å². The highest BCUT2D eigenvalue weighted by atomic mass is 16.7. The van der Waals surface area contributed by atoms with Crippen LogP contribution in [0.1, 0.15) is 30.0 Å². The zero-order valence-electron chi connectivity index (χ0n) is 20.0. The van der Waals surface area contributed by atoms with E-state index in [-0.39, 0.29) is 11.9 Å². The Balaban J connectivity index is 1.16. The average Bonchev–Trinajstić information content (AvgIpc) is 3.53. The van der Waals surface area contributed by atoms with Crippen LogP contribution in [0.4, 0.5) is 0 Å². The second-order valence-electron chi connectivity index (χ2n) is 9.08. The summed E-state index contributed by atoms with van der Waals surface area (Å²) in [6.45, 7) is 5.74. The SMILES string of the molecule is COc1ccc(OC)c([C@H]2CCCN2CC(=O)N2CCN(Cc3ccc4c(c3)OCO4)CC2)c1. The number of fused-ring (bicyclic) bond motifs is 1. The Morgan fingerprint density at radius 2 is 1.79 bits per heavy atom. The fourth-order valence-electron chi connectivity index (χ4n) is 5.19. The molecule has 5 rings (SSSR count). The molecule has 3 aliphatic rings. The Labute approximate surface area is 200 Å². The van der Waals surface area contributed by atoms with E-state index in [9.17, 15) is 4.79 Å². The highest BCUT2D eigenvalue weighted by Crippen LogP contribution is 2.39. The van der Waals surface area contributed by atoms with Crippen molar-refractivity contribution in [2.75, 3.05) is 60.3 Å². The van der Waals surface area contributed by atoms with Gasteiger partial charge in [-0.05, 0) is 55.3 Å². The number of hydrogen-bond acceptors (Lipinski definition) is 7. The number of nitrogens with zero attached hydrogens (tertiary/aromatic N) is 3. The van der Waals surface area contributed by atoms with Crippen molar-refractivity contribution in [2.45, 2.75) is 25.4 Å². The third kappa shape index (κ3) is 4.79. The highest BCUT2D eigenvalue weighted by molar-refractivity contribution is 5.78. The van der Waals surface area contributed by atoms with Gasteiger partial charge in [-0.2, -0.15) is 0 Å². The number of rotatable bonds is 7. The van der Waals surface area contributed by atoms with Crippen molar-refractivity contribution in [3.05, 3.63) is 47.5 Å². The van der Waals surface area contributed by atoms with Crippen LogP contribution in [0.5, 0.6) is 23.0 Å². The molecule has 1 amide bonds. The highest BCUT2D eigenvalue weighted by Gasteiger charge is 2.32. The molecule has 0 aromatic heterocycles. The topological polar surface area (TPSA) is 63.7 Å². The van der Waals surface area contributed by atoms with Gasteiger partial charge in [-0.1, -0.05) is 6.07 Å². The Bertz CT molecular complexity index is 1020. The third-order valence-electron chi connectivity index (χ3n) is 7.07. The zero-order chi connectivity index (χ0) is 23.5. The molecule has 8 nitrogen and oxygen atoms in total. The van der Waals surface area contributed by atoms with Gasteiger partial charge < -0.3 is 23.8 Å². The Kier molecular flexibility index (Phi) is 6.78. The summed E-state index contributed by atoms with van der Waals surface area (Å²) in [5, 5.41) is 0. The normalized spacial score (nSPS) is 20.5. The summed E-state index contributed by atoms with van der Waals surface area (Å²) in [4.78, 5) is 19.9. The molecule has 2 fully saturated rings. The van der Waals surface area contributed by atoms with Crippen molar-refractivity contribution < 1.29 is 23.7 Å². The van der Waals surface area contributed by atoms with Gasteiger partial charge in [0.15, 0.2) is 11.5 Å². The lowest BCUT2D eigenvalue weighted by atomic mass is 10.0. The molecule has 2 saturated heterocycles. The summed E-state index contributed by atoms with van der Waals surface area (Å²) in [7, 11) is 3.37. The molecule has 0 bridgehead atoms. The summed E-state index contributed by atoms with van der Waals surface area (Å²) < 4.78 is 21.9. The van der Waals surface area contributed by atoms with Gasteiger partial charge in [0.2, 0.25) is 12.7 Å². The number of methoxy groups -OCH3 is 2. The van der Waals surface area contributed by atoms with Crippen LogP contribution in [-0.4, -0.2) is 80.9 Å². The minimum absolute atomic E-state index is 0.168. The quantitative estimate of drug-likeness (QED) is 0.621. The predicted octanol–water partition coefficient (Wildman–Crippen LogP) is 2.91. The monoisotopic (exact) mass is 467 g/mol. The summed E-state index contributed by atoms with van der Waals surface area (Å²) in [6, 6.07) is 12.2. The van der Waals surface area contributed by atoms with Crippen molar-refractivity contribution in [1.29, 1.82) is 0 Å². The number of carbonyl (C=O) groups excluding carboxylic acids is 1. The Morgan fingerprint density at radius 1 is 0.971 bits per heavy atom. The van der Waals surface area contributed by atoms with Gasteiger partial charge in [0, 0.05) is 44.3 Å². The molecule has 3 aliphatic heterocycles. The summed E-state index contributed by atoms with van der Waals surface area (Å²) >= 11 is 0. The van der Waals surface area contributed by atoms with E-state index in [1.807, 2.05) is 29.2 Å². The second-order valence-corrected chi connectivity index (χ2v) is 9.08. The first-order valence-electron chi connectivity index (χ1n) is 12.0. The van der Waals surface area contributed by atoms with Crippen molar-refractivity contribution in [3.8, 4) is 23.0 Å². The summed E-state index contributed by atoms with van der Waals surface area (Å²) in [5.41, 5.74) is 2.30. The summed E-state index contributed by atoms with van der Waals surface area (Å²) in [6.07, 6.45) is 2.09. The van der Waals surface area contributed by atoms with Gasteiger partial charge >= 0.3 is 0 Å². The Morgan fingerprint density at radius 3 is 2.59 bits per heavy atom. The van der Waals surface area contributed by atoms with E-state index in [4.69, 9.17) is 18.9 Å². The van der Waals surface area contributed by atoms with E-state index in [2.05, 4.69) is 21.9 Å². The van der Waals surface area contributed by atoms with E-state index in [1.54, 1.807) is 14.2 Å². The molecule has 0 saturated carbocycles. The lowest BCUT2D eigenvalue weighted by Gasteiger charge is -2.36. The number of carbonyl (C=O) groups is 1. The van der Waals surface area contributed by atoms with Crippen LogP contribution in [0.2, 0.25) is 0 Å². The molecule has 1 atom stereocenters. The first-order chi connectivity index (χ1) is 16.6. The van der Waals surface area contributed by atoms with Gasteiger partial charge in [0.1, 0.15) is 11.5 Å². The minimum Gasteiger partial charge on any atom is -0.497 e. The van der Waals surface area contributed by atoms with Gasteiger partial charge in [0.05, 0.1) is 20.8 Å². The van der Waals surface area contributed by atoms with Crippen molar-refractivity contribution in [3.63, 3.8) is 0 Å². The molecule has 0 unspecified atom stereocenters. The van der Waals surface area contributed by atoms with Crippen molar-refractivity contribution >= 4 is 5.91 Å². The van der Waals surface area contributed by atoms with E-state index in [0.717, 1.165) is 80.7 Å². The molecular weight excluding hydrogens is 434 g/mol. The number of hydrogen-bond donors (Lipinski definition) is 0. The maximum absolute atomic E-state index is 13.2. The van der Waals surface area contributed by atoms with E-state index >= 15 is 0 Å². The second kappa shape index (κ2) is 10.1. The molecule has 2 aromatic rings. The van der Waals surface area contributed by atoms with Crippen molar-refractivity contribution in [2.24, 2.45) is 0 Å². The molecule has 0 spiro atoms. The van der Waals surface area contributed by atoms with E-state index < -0.39 is 0 Å². The first kappa shape index (κ1) is 22.8. The molecular formula is C26H33N3O5. The fraction of sp³-hybridized carbons (Fsp3) is 0.500. The number of amides is 1. The van der Waals surface area contributed by atoms with E-state index in [0.29, 0.717) is 13.3 Å². The fourth-order valence-corrected chi connectivity index (χ4v) is 5.19. The van der Waals surface area contributed by atoms with Crippen LogP contribution in [-0.2, 0) is 11.3 Å². The maximum atomic E-state index is 13.2. The molecule has 2 aromatic carbocycles. The first-order valence-corrected chi connectivity index (χ1v) is 12.0. The Hall–Kier alpha value is -2.97. The number of benzene rings is 2. The molecule has 182 valence electrons. The third-order valence-corrected chi connectivity index (χ3v) is 7.07. The van der Waals surface area contributed by atoms with Gasteiger partial charge in [0.25, 0.3) is 0 Å². The average molecular weight is 468 g/mol. The lowest BCUT2D eigenvalue weighted by Crippen LogP contribution is -2.50. The number of ether oxygens (including phenoxy) is 4. The number of piperazine rings is 1. The molecule has 0 radical (unpaired) electrons. The van der Waals surface area contributed by atoms with Crippen molar-refractivity contribution in [1.82, 2.24) is 14.7 Å². The predicted molar refractivity (Wildman–Crippen MR) is 128 cm³/mol. The van der Waals surface area contributed by atoms with Crippen LogP contribution >= 0.6 is 0 Å². The standard InChI is InChI=1S/C26H33N3O5/c1-31-20-6-8-23(32-2)21(15-20)22-4-3-9-29(22)17-26(30)28-12-10-27(11-13-28)16-19-5-7-24-25(14-19)34-18-33-24/h5-8,14-15,22H,3-4,9-13,16-18H2,1-2H3/t22-/m1/s1. The lowest BCUT2D eigenvalue weighted by molar-refractivity contribution is -0.134. The molecule has 8 heteroatoms. The smallest absolute Gasteiger partial charge is 0.236 e. The van der Waals surface area contributed by atoms with Crippen LogP contribution in [0.3, 0.4) is 0 Å². The minimum atomic E-state index is 0.168. The van der Waals surface area contributed by atoms with E-state index in [1.165, 1.54) is 5.56 Å². The van der Waals surface area contributed by atoms with Crippen LogP contribution < -0.4 is 18.9 Å².